The van der Waals surface area contributed by atoms with Crippen LogP contribution in [0.3, 0.4) is 0 Å². The summed E-state index contributed by atoms with van der Waals surface area (Å²) in [5, 5.41) is 0. The Bertz CT molecular complexity index is 621. The van der Waals surface area contributed by atoms with Gasteiger partial charge in [-0.1, -0.05) is 0 Å². The van der Waals surface area contributed by atoms with Gasteiger partial charge in [0, 0.05) is 14.1 Å². The van der Waals surface area contributed by atoms with Gasteiger partial charge in [-0.3, -0.25) is 0 Å². The highest BCUT2D eigenvalue weighted by Crippen LogP contribution is 2.31. The molecular weight excluding hydrogens is 326 g/mol. The monoisotopic (exact) mass is 339 g/mol. The number of benzene rings is 1. The molecular formula is C12H14BrN5O2. The standard InChI is InChI=1S/C12H14BrN5O2/c1-18(2)11-15-10(14)16-12(17-11)20-9-5-4-7(19-3)6-8(9)13/h4-6H,1-3H3,(H2,14,15,16,17). The molecule has 0 unspecified atom stereocenters. The number of hydrogen-bond acceptors (Lipinski definition) is 7. The maximum Gasteiger partial charge on any atom is 0.328 e. The highest BCUT2D eigenvalue weighted by Gasteiger charge is 2.10. The van der Waals surface area contributed by atoms with Crippen molar-refractivity contribution in [3.8, 4) is 17.5 Å². The second-order valence-corrected chi connectivity index (χ2v) is 4.92. The molecule has 1 aromatic carbocycles. The Kier molecular flexibility index (Phi) is 4.23. The van der Waals surface area contributed by atoms with E-state index in [0.717, 1.165) is 4.47 Å². The number of methoxy groups -OCH3 is 1. The number of aromatic nitrogens is 3. The number of halogens is 1. The third-order valence-corrected chi connectivity index (χ3v) is 2.98. The Morgan fingerprint density at radius 2 is 1.95 bits per heavy atom. The van der Waals surface area contributed by atoms with Crippen LogP contribution in [-0.2, 0) is 0 Å². The van der Waals surface area contributed by atoms with Crippen LogP contribution in [0.4, 0.5) is 11.9 Å². The molecule has 0 aliphatic rings. The molecule has 20 heavy (non-hydrogen) atoms. The van der Waals surface area contributed by atoms with Gasteiger partial charge in [0.2, 0.25) is 11.9 Å². The van der Waals surface area contributed by atoms with Crippen molar-refractivity contribution < 1.29 is 9.47 Å². The minimum Gasteiger partial charge on any atom is -0.497 e. The topological polar surface area (TPSA) is 86.4 Å². The molecule has 8 heteroatoms. The molecule has 2 N–H and O–H groups in total. The summed E-state index contributed by atoms with van der Waals surface area (Å²) in [4.78, 5) is 13.8. The zero-order valence-corrected chi connectivity index (χ0v) is 12.9. The lowest BCUT2D eigenvalue weighted by Gasteiger charge is -2.12. The average Bonchev–Trinajstić information content (AvgIpc) is 2.40. The molecule has 1 aromatic heterocycles. The van der Waals surface area contributed by atoms with Crippen LogP contribution in [0.5, 0.6) is 17.5 Å². The SMILES string of the molecule is COc1ccc(Oc2nc(N)nc(N(C)C)n2)c(Br)c1. The van der Waals surface area contributed by atoms with Crippen molar-refractivity contribution in [2.24, 2.45) is 0 Å². The molecule has 0 saturated heterocycles. The van der Waals surface area contributed by atoms with E-state index >= 15 is 0 Å². The Hall–Kier alpha value is -2.09. The van der Waals surface area contributed by atoms with Crippen LogP contribution >= 0.6 is 15.9 Å². The second kappa shape index (κ2) is 5.91. The maximum atomic E-state index is 5.63. The molecule has 0 aliphatic carbocycles. The van der Waals surface area contributed by atoms with E-state index in [2.05, 4.69) is 30.9 Å². The lowest BCUT2D eigenvalue weighted by molar-refractivity contribution is 0.409. The average molecular weight is 340 g/mol. The summed E-state index contributed by atoms with van der Waals surface area (Å²) < 4.78 is 11.4. The minimum atomic E-state index is 0.100. The van der Waals surface area contributed by atoms with Crippen molar-refractivity contribution in [3.05, 3.63) is 22.7 Å². The number of hydrogen-bond donors (Lipinski definition) is 1. The van der Waals surface area contributed by atoms with Gasteiger partial charge in [0.05, 0.1) is 11.6 Å². The van der Waals surface area contributed by atoms with Gasteiger partial charge in [-0.2, -0.15) is 15.0 Å². The lowest BCUT2D eigenvalue weighted by atomic mass is 10.3. The van der Waals surface area contributed by atoms with Crippen molar-refractivity contribution in [1.82, 2.24) is 15.0 Å². The van der Waals surface area contributed by atoms with E-state index in [1.165, 1.54) is 0 Å². The predicted molar refractivity (Wildman–Crippen MR) is 79.3 cm³/mol. The van der Waals surface area contributed by atoms with Gasteiger partial charge < -0.3 is 20.1 Å². The molecule has 0 bridgehead atoms. The summed E-state index contributed by atoms with van der Waals surface area (Å²) in [6.07, 6.45) is 0. The first-order valence-corrected chi connectivity index (χ1v) is 6.49. The van der Waals surface area contributed by atoms with Gasteiger partial charge in [0.1, 0.15) is 11.5 Å². The molecule has 0 saturated carbocycles. The van der Waals surface area contributed by atoms with Gasteiger partial charge in [0.15, 0.2) is 0 Å². The third kappa shape index (κ3) is 3.27. The molecule has 2 rings (SSSR count). The number of anilines is 2. The molecule has 0 amide bonds. The Morgan fingerprint density at radius 1 is 1.20 bits per heavy atom. The van der Waals surface area contributed by atoms with Gasteiger partial charge in [-0.15, -0.1) is 0 Å². The quantitative estimate of drug-likeness (QED) is 0.912. The molecule has 106 valence electrons. The summed E-state index contributed by atoms with van der Waals surface area (Å²) in [5.74, 6) is 1.80. The van der Waals surface area contributed by atoms with E-state index < -0.39 is 0 Å². The predicted octanol–water partition coefficient (Wildman–Crippen LogP) is 2.08. The highest BCUT2D eigenvalue weighted by atomic mass is 79.9. The van der Waals surface area contributed by atoms with Crippen LogP contribution in [-0.4, -0.2) is 36.2 Å². The van der Waals surface area contributed by atoms with Crippen LogP contribution in [0.1, 0.15) is 0 Å². The fraction of sp³-hybridized carbons (Fsp3) is 0.250. The van der Waals surface area contributed by atoms with E-state index in [9.17, 15) is 0 Å². The Labute approximate surface area is 124 Å². The van der Waals surface area contributed by atoms with Crippen molar-refractivity contribution in [3.63, 3.8) is 0 Å². The van der Waals surface area contributed by atoms with Crippen molar-refractivity contribution in [2.75, 3.05) is 31.8 Å². The second-order valence-electron chi connectivity index (χ2n) is 4.07. The first-order valence-electron chi connectivity index (χ1n) is 5.70. The molecule has 0 aliphatic heterocycles. The van der Waals surface area contributed by atoms with Crippen molar-refractivity contribution in [1.29, 1.82) is 0 Å². The smallest absolute Gasteiger partial charge is 0.328 e. The van der Waals surface area contributed by atoms with Gasteiger partial charge in [0.25, 0.3) is 0 Å². The summed E-state index contributed by atoms with van der Waals surface area (Å²) >= 11 is 3.39. The third-order valence-electron chi connectivity index (χ3n) is 2.36. The summed E-state index contributed by atoms with van der Waals surface area (Å²) in [5.41, 5.74) is 5.63. The van der Waals surface area contributed by atoms with Crippen LogP contribution in [0, 0.1) is 0 Å². The summed E-state index contributed by atoms with van der Waals surface area (Å²) in [6, 6.07) is 5.44. The number of nitrogens with zero attached hydrogens (tertiary/aromatic N) is 4. The molecule has 0 fully saturated rings. The number of nitrogens with two attached hydrogens (primary N) is 1. The molecule has 0 spiro atoms. The lowest BCUT2D eigenvalue weighted by Crippen LogP contribution is -2.15. The molecule has 1 heterocycles. The van der Waals surface area contributed by atoms with E-state index in [1.54, 1.807) is 30.2 Å². The van der Waals surface area contributed by atoms with E-state index in [-0.39, 0.29) is 12.0 Å². The molecule has 0 radical (unpaired) electrons. The largest absolute Gasteiger partial charge is 0.497 e. The minimum absolute atomic E-state index is 0.100. The van der Waals surface area contributed by atoms with Crippen molar-refractivity contribution in [2.45, 2.75) is 0 Å². The fourth-order valence-electron chi connectivity index (χ4n) is 1.40. The first kappa shape index (κ1) is 14.3. The Balaban J connectivity index is 2.30. The van der Waals surface area contributed by atoms with E-state index in [0.29, 0.717) is 17.4 Å². The first-order chi connectivity index (χ1) is 9.49. The number of ether oxygens (including phenoxy) is 2. The zero-order chi connectivity index (χ0) is 14.7. The number of nitrogen functional groups attached to an aromatic ring is 1. The molecule has 7 nitrogen and oxygen atoms in total. The normalized spacial score (nSPS) is 10.2. The van der Waals surface area contributed by atoms with E-state index in [4.69, 9.17) is 15.2 Å². The van der Waals surface area contributed by atoms with Crippen molar-refractivity contribution >= 4 is 27.8 Å². The summed E-state index contributed by atoms with van der Waals surface area (Å²) in [7, 11) is 5.21. The van der Waals surface area contributed by atoms with Crippen LogP contribution < -0.4 is 20.1 Å². The zero-order valence-electron chi connectivity index (χ0n) is 11.3. The maximum absolute atomic E-state index is 5.63. The van der Waals surface area contributed by atoms with Gasteiger partial charge in [-0.05, 0) is 34.1 Å². The Morgan fingerprint density at radius 3 is 2.55 bits per heavy atom. The van der Waals surface area contributed by atoms with Gasteiger partial charge in [-0.25, -0.2) is 0 Å². The fourth-order valence-corrected chi connectivity index (χ4v) is 1.84. The van der Waals surface area contributed by atoms with Crippen LogP contribution in [0.25, 0.3) is 0 Å². The molecule has 2 aromatic rings. The van der Waals surface area contributed by atoms with Crippen LogP contribution in [0.15, 0.2) is 22.7 Å². The summed E-state index contributed by atoms with van der Waals surface area (Å²) in [6.45, 7) is 0. The highest BCUT2D eigenvalue weighted by molar-refractivity contribution is 9.10. The number of rotatable bonds is 4. The van der Waals surface area contributed by atoms with Crippen LogP contribution in [0.2, 0.25) is 0 Å². The molecule has 0 atom stereocenters. The van der Waals surface area contributed by atoms with Gasteiger partial charge >= 0.3 is 6.01 Å². The van der Waals surface area contributed by atoms with E-state index in [1.807, 2.05) is 14.1 Å².